The van der Waals surface area contributed by atoms with Crippen LogP contribution in [0.15, 0.2) is 49.2 Å². The molecule has 0 aromatic heterocycles. The molecule has 0 unspecified atom stereocenters. The van der Waals surface area contributed by atoms with Gasteiger partial charge in [0.05, 0.1) is 12.4 Å². The van der Waals surface area contributed by atoms with Crippen LogP contribution in [-0.2, 0) is 6.42 Å². The summed E-state index contributed by atoms with van der Waals surface area (Å²) in [6.07, 6.45) is 8.15. The highest BCUT2D eigenvalue weighted by molar-refractivity contribution is 5.74. The number of nitrogens with two attached hydrogens (primary N) is 1. The average Bonchev–Trinajstić information content (AvgIpc) is 3.03. The fourth-order valence-electron chi connectivity index (χ4n) is 6.65. The number of aryl methyl sites for hydroxylation is 1. The summed E-state index contributed by atoms with van der Waals surface area (Å²) in [5.74, 6) is 2.80. The topological polar surface area (TPSA) is 55.5 Å². The van der Waals surface area contributed by atoms with E-state index in [-0.39, 0.29) is 11.5 Å². The van der Waals surface area contributed by atoms with Crippen LogP contribution in [0.3, 0.4) is 0 Å². The van der Waals surface area contributed by atoms with Crippen LogP contribution in [0.2, 0.25) is 0 Å². The van der Waals surface area contributed by atoms with Gasteiger partial charge >= 0.3 is 0 Å². The van der Waals surface area contributed by atoms with Crippen molar-refractivity contribution in [1.82, 2.24) is 0 Å². The number of ether oxygens (including phenoxy) is 1. The molecule has 3 aliphatic carbocycles. The van der Waals surface area contributed by atoms with E-state index >= 15 is 0 Å². The molecule has 5 rings (SSSR count). The Kier molecular flexibility index (Phi) is 4.47. The van der Waals surface area contributed by atoms with E-state index in [2.05, 4.69) is 37.8 Å². The Hall–Kier alpha value is -2.26. The Morgan fingerprint density at radius 3 is 2.69 bits per heavy atom. The van der Waals surface area contributed by atoms with Crippen LogP contribution in [0.4, 0.5) is 5.69 Å². The van der Waals surface area contributed by atoms with E-state index in [1.54, 1.807) is 0 Å². The lowest BCUT2D eigenvalue weighted by Gasteiger charge is -2.50. The average molecular weight is 390 g/mol. The van der Waals surface area contributed by atoms with Gasteiger partial charge in [-0.3, -0.25) is 0 Å². The minimum atomic E-state index is -0.122. The number of benzene rings is 2. The molecule has 2 fully saturated rings. The van der Waals surface area contributed by atoms with Gasteiger partial charge in [-0.25, -0.2) is 0 Å². The van der Waals surface area contributed by atoms with Crippen molar-refractivity contribution in [1.29, 1.82) is 0 Å². The highest BCUT2D eigenvalue weighted by Gasteiger charge is 2.54. The molecule has 2 saturated carbocycles. The monoisotopic (exact) mass is 389 g/mol. The quantitative estimate of drug-likeness (QED) is 0.525. The predicted molar refractivity (Wildman–Crippen MR) is 118 cm³/mol. The molecule has 0 saturated heterocycles. The van der Waals surface area contributed by atoms with Crippen molar-refractivity contribution in [2.24, 2.45) is 17.3 Å². The van der Waals surface area contributed by atoms with E-state index in [1.807, 2.05) is 12.1 Å². The molecule has 0 spiro atoms. The second-order valence-electron chi connectivity index (χ2n) is 9.51. The SMILES string of the molecule is C=COc1cc2c(cc1-c1ccc(N)cc1)[C@H]1CC[C@]3(C)[C@H](O)CC[C@H]3[C@@H]1CC2. The van der Waals surface area contributed by atoms with Crippen molar-refractivity contribution in [3.63, 3.8) is 0 Å². The van der Waals surface area contributed by atoms with Gasteiger partial charge in [-0.05, 0) is 103 Å². The summed E-state index contributed by atoms with van der Waals surface area (Å²) in [7, 11) is 0. The lowest BCUT2D eigenvalue weighted by atomic mass is 9.55. The van der Waals surface area contributed by atoms with E-state index in [9.17, 15) is 5.11 Å². The summed E-state index contributed by atoms with van der Waals surface area (Å²) in [5.41, 5.74) is 11.9. The lowest BCUT2D eigenvalue weighted by molar-refractivity contribution is -0.0226. The third-order valence-corrected chi connectivity index (χ3v) is 8.21. The fourth-order valence-corrected chi connectivity index (χ4v) is 6.65. The standard InChI is InChI=1S/C26H31NO2/c1-3-29-24-14-17-6-9-20-19(12-13-26(2)23(20)10-11-25(26)28)21(17)15-22(24)16-4-7-18(27)8-5-16/h3-5,7-8,14-15,19-20,23,25,28H,1,6,9-13,27H2,2H3/t19-,20+,23-,25+,26-/m0/s1. The maximum atomic E-state index is 10.6. The van der Waals surface area contributed by atoms with Crippen molar-refractivity contribution < 1.29 is 9.84 Å². The first-order valence-electron chi connectivity index (χ1n) is 11.0. The Balaban J connectivity index is 1.57. The maximum Gasteiger partial charge on any atom is 0.134 e. The molecule has 152 valence electrons. The molecule has 2 aromatic rings. The highest BCUT2D eigenvalue weighted by atomic mass is 16.5. The second-order valence-corrected chi connectivity index (χ2v) is 9.51. The summed E-state index contributed by atoms with van der Waals surface area (Å²) in [6.45, 7) is 6.10. The number of hydrogen-bond donors (Lipinski definition) is 2. The van der Waals surface area contributed by atoms with Gasteiger partial charge in [-0.1, -0.05) is 25.6 Å². The molecule has 0 heterocycles. The summed E-state index contributed by atoms with van der Waals surface area (Å²) in [4.78, 5) is 0. The third-order valence-electron chi connectivity index (χ3n) is 8.21. The molecular weight excluding hydrogens is 358 g/mol. The van der Waals surface area contributed by atoms with Crippen molar-refractivity contribution in [2.75, 3.05) is 5.73 Å². The zero-order valence-corrected chi connectivity index (χ0v) is 17.2. The van der Waals surface area contributed by atoms with Gasteiger partial charge in [0.25, 0.3) is 0 Å². The molecule has 3 nitrogen and oxygen atoms in total. The summed E-state index contributed by atoms with van der Waals surface area (Å²) >= 11 is 0. The van der Waals surface area contributed by atoms with Crippen molar-refractivity contribution in [3.8, 4) is 16.9 Å². The van der Waals surface area contributed by atoms with Crippen molar-refractivity contribution in [3.05, 3.63) is 60.4 Å². The molecule has 2 aromatic carbocycles. The van der Waals surface area contributed by atoms with Crippen molar-refractivity contribution in [2.45, 2.75) is 57.5 Å². The summed E-state index contributed by atoms with van der Waals surface area (Å²) in [6, 6.07) is 12.6. The first-order chi connectivity index (χ1) is 14.0. The Bertz CT molecular complexity index is 934. The molecule has 0 amide bonds. The normalized spacial score (nSPS) is 32.8. The minimum absolute atomic E-state index is 0.115. The summed E-state index contributed by atoms with van der Waals surface area (Å²) < 4.78 is 5.82. The van der Waals surface area contributed by atoms with E-state index in [1.165, 1.54) is 36.7 Å². The zero-order valence-electron chi connectivity index (χ0n) is 17.2. The number of nitrogen functional groups attached to an aromatic ring is 1. The number of fused-ring (bicyclic) bond motifs is 5. The minimum Gasteiger partial charge on any atom is -0.465 e. The van der Waals surface area contributed by atoms with Crippen LogP contribution in [0.5, 0.6) is 5.75 Å². The first kappa shape index (κ1) is 18.7. The smallest absolute Gasteiger partial charge is 0.134 e. The number of hydrogen-bond acceptors (Lipinski definition) is 3. The van der Waals surface area contributed by atoms with E-state index in [4.69, 9.17) is 10.5 Å². The van der Waals surface area contributed by atoms with Crippen molar-refractivity contribution >= 4 is 5.69 Å². The van der Waals surface area contributed by atoms with E-state index < -0.39 is 0 Å². The number of anilines is 1. The molecule has 0 radical (unpaired) electrons. The molecular formula is C26H31NO2. The van der Waals surface area contributed by atoms with Crippen LogP contribution in [0, 0.1) is 17.3 Å². The Morgan fingerprint density at radius 1 is 1.14 bits per heavy atom. The van der Waals surface area contributed by atoms with Crippen LogP contribution in [0.1, 0.15) is 56.1 Å². The largest absolute Gasteiger partial charge is 0.465 e. The van der Waals surface area contributed by atoms with Gasteiger partial charge in [-0.2, -0.15) is 0 Å². The van der Waals surface area contributed by atoms with Gasteiger partial charge in [0, 0.05) is 11.3 Å². The van der Waals surface area contributed by atoms with Crippen LogP contribution in [0.25, 0.3) is 11.1 Å². The van der Waals surface area contributed by atoms with Crippen LogP contribution >= 0.6 is 0 Å². The molecule has 0 aliphatic heterocycles. The molecule has 0 bridgehead atoms. The Morgan fingerprint density at radius 2 is 1.93 bits per heavy atom. The zero-order chi connectivity index (χ0) is 20.2. The number of aliphatic hydroxyl groups excluding tert-OH is 1. The maximum absolute atomic E-state index is 10.6. The van der Waals surface area contributed by atoms with Gasteiger partial charge in [0.15, 0.2) is 0 Å². The van der Waals surface area contributed by atoms with E-state index in [0.29, 0.717) is 17.8 Å². The van der Waals surface area contributed by atoms with Gasteiger partial charge < -0.3 is 15.6 Å². The van der Waals surface area contributed by atoms with Gasteiger partial charge in [0.2, 0.25) is 0 Å². The molecule has 3 aliphatic rings. The lowest BCUT2D eigenvalue weighted by Crippen LogP contribution is -2.43. The van der Waals surface area contributed by atoms with Gasteiger partial charge in [-0.15, -0.1) is 0 Å². The molecule has 3 heteroatoms. The third kappa shape index (κ3) is 2.90. The number of rotatable bonds is 3. The molecule has 3 N–H and O–H groups in total. The predicted octanol–water partition coefficient (Wildman–Crippen LogP) is 5.68. The second kappa shape index (κ2) is 6.91. The van der Waals surface area contributed by atoms with Crippen LogP contribution < -0.4 is 10.5 Å². The van der Waals surface area contributed by atoms with Crippen LogP contribution in [-0.4, -0.2) is 11.2 Å². The highest BCUT2D eigenvalue weighted by Crippen LogP contribution is 2.61. The molecule has 29 heavy (non-hydrogen) atoms. The van der Waals surface area contributed by atoms with E-state index in [0.717, 1.165) is 41.8 Å². The Labute approximate surface area is 173 Å². The fraction of sp³-hybridized carbons (Fsp3) is 0.462. The first-order valence-corrected chi connectivity index (χ1v) is 11.0. The van der Waals surface area contributed by atoms with Gasteiger partial charge in [0.1, 0.15) is 5.75 Å². The summed E-state index contributed by atoms with van der Waals surface area (Å²) in [5, 5.41) is 10.6. The number of aliphatic hydroxyl groups is 1. The molecule has 5 atom stereocenters.